The molecule has 2 aromatic heterocycles. The van der Waals surface area contributed by atoms with Crippen LogP contribution in [0.25, 0.3) is 11.4 Å². The Morgan fingerprint density at radius 2 is 2.25 bits per heavy atom. The molecule has 2 aromatic rings. The maximum Gasteiger partial charge on any atom is 0.194 e. The van der Waals surface area contributed by atoms with Gasteiger partial charge in [0.15, 0.2) is 11.1 Å². The Labute approximate surface area is 122 Å². The lowest BCUT2D eigenvalue weighted by Gasteiger charge is -2.11. The molecule has 108 valence electrons. The number of nitrogens with one attached hydrogen (secondary N) is 4. The number of aromatic amines is 1. The number of anilines is 1. The van der Waals surface area contributed by atoms with Crippen LogP contribution in [0.2, 0.25) is 0 Å². The van der Waals surface area contributed by atoms with Gasteiger partial charge in [0, 0.05) is 18.1 Å². The van der Waals surface area contributed by atoms with Gasteiger partial charge >= 0.3 is 0 Å². The van der Waals surface area contributed by atoms with Crippen LogP contribution in [0.3, 0.4) is 0 Å². The second-order valence-corrected chi connectivity index (χ2v) is 5.66. The largest absolute Gasteiger partial charge is 0.356 e. The molecule has 0 spiro atoms. The van der Waals surface area contributed by atoms with Gasteiger partial charge in [0.25, 0.3) is 0 Å². The van der Waals surface area contributed by atoms with Crippen molar-refractivity contribution >= 4 is 22.4 Å². The summed E-state index contributed by atoms with van der Waals surface area (Å²) in [5, 5.41) is 16.5. The fourth-order valence-electron chi connectivity index (χ4n) is 1.57. The molecule has 1 unspecified atom stereocenters. The van der Waals surface area contributed by atoms with Gasteiger partial charge in [-0.3, -0.25) is 5.41 Å². The Bertz CT molecular complexity index is 573. The number of aromatic nitrogens is 3. The van der Waals surface area contributed by atoms with Crippen molar-refractivity contribution in [3.05, 3.63) is 17.4 Å². The lowest BCUT2D eigenvalue weighted by molar-refractivity contribution is 0.548. The first-order valence-electron chi connectivity index (χ1n) is 6.65. The highest BCUT2D eigenvalue weighted by molar-refractivity contribution is 7.14. The second kappa shape index (κ2) is 6.51. The first kappa shape index (κ1) is 14.5. The van der Waals surface area contributed by atoms with Crippen molar-refractivity contribution in [1.82, 2.24) is 20.3 Å². The van der Waals surface area contributed by atoms with E-state index < -0.39 is 0 Å². The van der Waals surface area contributed by atoms with E-state index in [-0.39, 0.29) is 5.96 Å². The van der Waals surface area contributed by atoms with E-state index in [4.69, 9.17) is 5.41 Å². The number of rotatable bonds is 5. The van der Waals surface area contributed by atoms with Crippen molar-refractivity contribution in [2.75, 3.05) is 11.9 Å². The van der Waals surface area contributed by atoms with Crippen LogP contribution >= 0.6 is 11.3 Å². The zero-order valence-corrected chi connectivity index (χ0v) is 12.8. The SMILES string of the molecule is CCC(C)CNC(=N)Nc1nc(-c2c[nH]c(C)n2)cs1. The zero-order chi connectivity index (χ0) is 14.5. The molecule has 1 atom stereocenters. The van der Waals surface area contributed by atoms with Crippen molar-refractivity contribution in [3.8, 4) is 11.4 Å². The highest BCUT2D eigenvalue weighted by atomic mass is 32.1. The Morgan fingerprint density at radius 3 is 2.90 bits per heavy atom. The summed E-state index contributed by atoms with van der Waals surface area (Å²) in [7, 11) is 0. The number of thiazole rings is 1. The maximum absolute atomic E-state index is 7.84. The molecule has 6 nitrogen and oxygen atoms in total. The summed E-state index contributed by atoms with van der Waals surface area (Å²) in [6.07, 6.45) is 2.93. The predicted octanol–water partition coefficient (Wildman–Crippen LogP) is 2.82. The summed E-state index contributed by atoms with van der Waals surface area (Å²) in [6.45, 7) is 6.99. The summed E-state index contributed by atoms with van der Waals surface area (Å²) in [5.74, 6) is 1.70. The van der Waals surface area contributed by atoms with Crippen molar-refractivity contribution in [3.63, 3.8) is 0 Å². The molecule has 0 amide bonds. The van der Waals surface area contributed by atoms with Crippen LogP contribution in [0.15, 0.2) is 11.6 Å². The average Bonchev–Trinajstić information content (AvgIpc) is 3.05. The first-order valence-corrected chi connectivity index (χ1v) is 7.53. The van der Waals surface area contributed by atoms with Gasteiger partial charge in [-0.25, -0.2) is 9.97 Å². The summed E-state index contributed by atoms with van der Waals surface area (Å²) in [6, 6.07) is 0. The molecule has 4 N–H and O–H groups in total. The van der Waals surface area contributed by atoms with Crippen molar-refractivity contribution in [2.45, 2.75) is 27.2 Å². The van der Waals surface area contributed by atoms with E-state index in [2.05, 4.69) is 39.4 Å². The number of aryl methyl sites for hydroxylation is 1. The molecule has 20 heavy (non-hydrogen) atoms. The summed E-state index contributed by atoms with van der Waals surface area (Å²) < 4.78 is 0. The van der Waals surface area contributed by atoms with E-state index in [1.807, 2.05) is 18.5 Å². The number of hydrogen-bond acceptors (Lipinski definition) is 4. The minimum atomic E-state index is 0.282. The second-order valence-electron chi connectivity index (χ2n) is 4.80. The third kappa shape index (κ3) is 3.80. The van der Waals surface area contributed by atoms with Crippen LogP contribution in [0.4, 0.5) is 5.13 Å². The van der Waals surface area contributed by atoms with Gasteiger partial charge in [0.1, 0.15) is 17.2 Å². The Balaban J connectivity index is 1.91. The standard InChI is InChI=1S/C13H20N6S/c1-4-8(2)5-16-12(14)19-13-18-11(7-20-13)10-6-15-9(3)17-10/h6-8H,4-5H2,1-3H3,(H,15,17)(H3,14,16,18,19). The first-order chi connectivity index (χ1) is 9.58. The molecule has 7 heteroatoms. The van der Waals surface area contributed by atoms with E-state index in [9.17, 15) is 0 Å². The smallest absolute Gasteiger partial charge is 0.194 e. The van der Waals surface area contributed by atoms with Crippen LogP contribution in [-0.2, 0) is 0 Å². The van der Waals surface area contributed by atoms with Gasteiger partial charge in [-0.2, -0.15) is 0 Å². The summed E-state index contributed by atoms with van der Waals surface area (Å²) in [5.41, 5.74) is 1.64. The molecule has 0 saturated carbocycles. The lowest BCUT2D eigenvalue weighted by atomic mass is 10.1. The summed E-state index contributed by atoms with van der Waals surface area (Å²) in [4.78, 5) is 11.8. The number of guanidine groups is 1. The lowest BCUT2D eigenvalue weighted by Crippen LogP contribution is -2.32. The number of hydrogen-bond donors (Lipinski definition) is 4. The van der Waals surface area contributed by atoms with E-state index in [0.717, 1.165) is 30.2 Å². The van der Waals surface area contributed by atoms with Crippen molar-refractivity contribution in [1.29, 1.82) is 5.41 Å². The van der Waals surface area contributed by atoms with E-state index in [1.165, 1.54) is 11.3 Å². The fraction of sp³-hybridized carbons (Fsp3) is 0.462. The topological polar surface area (TPSA) is 89.5 Å². The third-order valence-corrected chi connectivity index (χ3v) is 3.79. The minimum Gasteiger partial charge on any atom is -0.356 e. The molecular weight excluding hydrogens is 272 g/mol. The molecule has 0 aliphatic heterocycles. The fourth-order valence-corrected chi connectivity index (χ4v) is 2.28. The predicted molar refractivity (Wildman–Crippen MR) is 83.2 cm³/mol. The van der Waals surface area contributed by atoms with Gasteiger partial charge in [-0.1, -0.05) is 20.3 Å². The Morgan fingerprint density at radius 1 is 1.45 bits per heavy atom. The maximum atomic E-state index is 7.84. The average molecular weight is 292 g/mol. The van der Waals surface area contributed by atoms with E-state index in [0.29, 0.717) is 11.0 Å². The van der Waals surface area contributed by atoms with Gasteiger partial charge in [-0.05, 0) is 12.8 Å². The highest BCUT2D eigenvalue weighted by Gasteiger charge is 2.08. The highest BCUT2D eigenvalue weighted by Crippen LogP contribution is 2.23. The molecule has 0 bridgehead atoms. The number of H-pyrrole nitrogens is 1. The molecule has 2 rings (SSSR count). The van der Waals surface area contributed by atoms with Gasteiger partial charge < -0.3 is 15.6 Å². The van der Waals surface area contributed by atoms with Gasteiger partial charge in [0.05, 0.1) is 0 Å². The molecule has 2 heterocycles. The van der Waals surface area contributed by atoms with Crippen LogP contribution in [0.1, 0.15) is 26.1 Å². The Hall–Kier alpha value is -1.89. The quantitative estimate of drug-likeness (QED) is 0.504. The third-order valence-electron chi connectivity index (χ3n) is 3.03. The monoisotopic (exact) mass is 292 g/mol. The summed E-state index contributed by atoms with van der Waals surface area (Å²) >= 11 is 1.47. The van der Waals surface area contributed by atoms with Crippen LogP contribution in [0, 0.1) is 18.3 Å². The van der Waals surface area contributed by atoms with Crippen LogP contribution in [0.5, 0.6) is 0 Å². The van der Waals surface area contributed by atoms with Crippen molar-refractivity contribution in [2.24, 2.45) is 5.92 Å². The number of imidazole rings is 1. The van der Waals surface area contributed by atoms with Crippen LogP contribution in [-0.4, -0.2) is 27.5 Å². The molecule has 0 fully saturated rings. The van der Waals surface area contributed by atoms with Crippen LogP contribution < -0.4 is 10.6 Å². The molecule has 0 aromatic carbocycles. The van der Waals surface area contributed by atoms with Crippen molar-refractivity contribution < 1.29 is 0 Å². The molecular formula is C13H20N6S. The van der Waals surface area contributed by atoms with Gasteiger partial charge in [0.2, 0.25) is 0 Å². The molecule has 0 aliphatic carbocycles. The Kier molecular flexibility index (Phi) is 4.73. The van der Waals surface area contributed by atoms with Gasteiger partial charge in [-0.15, -0.1) is 11.3 Å². The van der Waals surface area contributed by atoms with E-state index in [1.54, 1.807) is 0 Å². The number of nitrogens with zero attached hydrogens (tertiary/aromatic N) is 2. The zero-order valence-electron chi connectivity index (χ0n) is 11.9. The minimum absolute atomic E-state index is 0.282. The molecule has 0 aliphatic rings. The molecule has 0 saturated heterocycles. The normalized spacial score (nSPS) is 12.2. The molecule has 0 radical (unpaired) electrons. The van der Waals surface area contributed by atoms with E-state index >= 15 is 0 Å².